The van der Waals surface area contributed by atoms with E-state index in [0.29, 0.717) is 6.54 Å². The number of hydrogen-bond acceptors (Lipinski definition) is 3. The largest absolute Gasteiger partial charge is 0.342 e. The molecule has 1 amide bonds. The van der Waals surface area contributed by atoms with Gasteiger partial charge >= 0.3 is 5.69 Å². The maximum Gasteiger partial charge on any atom is 0.305 e. The maximum absolute atomic E-state index is 13.2. The van der Waals surface area contributed by atoms with E-state index in [-0.39, 0.29) is 11.5 Å². The van der Waals surface area contributed by atoms with E-state index in [1.807, 2.05) is 0 Å². The number of halogens is 1. The summed E-state index contributed by atoms with van der Waals surface area (Å²) in [7, 11) is 1.60. The van der Waals surface area contributed by atoms with Crippen molar-refractivity contribution in [3.8, 4) is 0 Å². The lowest BCUT2D eigenvalue weighted by Gasteiger charge is -2.16. The number of rotatable bonds is 6. The van der Waals surface area contributed by atoms with E-state index in [0.717, 1.165) is 25.0 Å². The van der Waals surface area contributed by atoms with Crippen molar-refractivity contribution in [3.63, 3.8) is 0 Å². The summed E-state index contributed by atoms with van der Waals surface area (Å²) >= 11 is 0. The molecule has 0 N–H and O–H groups in total. The molecular formula is C13H15FN2O3. The van der Waals surface area contributed by atoms with E-state index >= 15 is 0 Å². The molecule has 1 rings (SSSR count). The number of carbonyl (C=O) groups is 1. The minimum Gasteiger partial charge on any atom is -0.342 e. The number of hydrogen-bond donors (Lipinski definition) is 0. The van der Waals surface area contributed by atoms with Crippen molar-refractivity contribution in [2.24, 2.45) is 0 Å². The van der Waals surface area contributed by atoms with E-state index in [1.165, 1.54) is 11.0 Å². The number of unbranched alkanes of at least 4 members (excludes halogenated alkanes) is 1. The molecule has 0 aliphatic heterocycles. The zero-order chi connectivity index (χ0) is 14.4. The summed E-state index contributed by atoms with van der Waals surface area (Å²) in [6.45, 7) is 4.09. The van der Waals surface area contributed by atoms with Crippen LogP contribution >= 0.6 is 0 Å². The van der Waals surface area contributed by atoms with Gasteiger partial charge in [-0.3, -0.25) is 14.9 Å². The Hall–Kier alpha value is -2.24. The van der Waals surface area contributed by atoms with Gasteiger partial charge in [0.15, 0.2) is 0 Å². The molecule has 0 unspecified atom stereocenters. The topological polar surface area (TPSA) is 63.5 Å². The van der Waals surface area contributed by atoms with E-state index in [2.05, 4.69) is 6.58 Å². The Morgan fingerprint density at radius 2 is 2.26 bits per heavy atom. The Bertz CT molecular complexity index is 503. The molecule has 0 atom stereocenters. The molecule has 0 fully saturated rings. The van der Waals surface area contributed by atoms with Gasteiger partial charge in [0.2, 0.25) is 5.82 Å². The Morgan fingerprint density at radius 3 is 2.84 bits per heavy atom. The third-order valence-electron chi connectivity index (χ3n) is 2.64. The second-order valence-electron chi connectivity index (χ2n) is 4.08. The van der Waals surface area contributed by atoms with Crippen LogP contribution in [0.15, 0.2) is 30.9 Å². The van der Waals surface area contributed by atoms with Crippen molar-refractivity contribution >= 4 is 11.6 Å². The molecule has 0 saturated heterocycles. The van der Waals surface area contributed by atoms with Crippen LogP contribution in [-0.2, 0) is 0 Å². The molecule has 0 spiro atoms. The van der Waals surface area contributed by atoms with Gasteiger partial charge in [0.1, 0.15) is 0 Å². The second kappa shape index (κ2) is 6.63. The molecule has 0 aliphatic carbocycles. The van der Waals surface area contributed by atoms with E-state index in [4.69, 9.17) is 0 Å². The predicted octanol–water partition coefficient (Wildman–Crippen LogP) is 2.77. The van der Waals surface area contributed by atoms with Gasteiger partial charge in [-0.1, -0.05) is 6.08 Å². The zero-order valence-electron chi connectivity index (χ0n) is 10.6. The average Bonchev–Trinajstić information content (AvgIpc) is 2.38. The van der Waals surface area contributed by atoms with Gasteiger partial charge in [0, 0.05) is 25.2 Å². The molecule has 0 aromatic heterocycles. The zero-order valence-corrected chi connectivity index (χ0v) is 10.6. The summed E-state index contributed by atoms with van der Waals surface area (Å²) < 4.78 is 13.2. The lowest BCUT2D eigenvalue weighted by atomic mass is 10.1. The standard InChI is InChI=1S/C13H15FN2O3/c1-3-4-5-8-15(2)13(17)10-6-7-11(14)12(9-10)16(18)19/h3,6-7,9H,1,4-5,8H2,2H3. The van der Waals surface area contributed by atoms with Gasteiger partial charge in [0.05, 0.1) is 4.92 Å². The highest BCUT2D eigenvalue weighted by Gasteiger charge is 2.19. The van der Waals surface area contributed by atoms with E-state index in [9.17, 15) is 19.3 Å². The highest BCUT2D eigenvalue weighted by molar-refractivity contribution is 5.94. The Kier molecular flexibility index (Phi) is 5.17. The normalized spacial score (nSPS) is 10.0. The molecule has 102 valence electrons. The first-order valence-corrected chi connectivity index (χ1v) is 5.77. The summed E-state index contributed by atoms with van der Waals surface area (Å²) in [5.41, 5.74) is -0.584. The fraction of sp³-hybridized carbons (Fsp3) is 0.308. The smallest absolute Gasteiger partial charge is 0.305 e. The van der Waals surface area contributed by atoms with Crippen LogP contribution in [0.25, 0.3) is 0 Å². The van der Waals surface area contributed by atoms with Crippen LogP contribution in [-0.4, -0.2) is 29.3 Å². The molecular weight excluding hydrogens is 251 g/mol. The van der Waals surface area contributed by atoms with Crippen molar-refractivity contribution < 1.29 is 14.1 Å². The number of carbonyl (C=O) groups excluding carboxylic acids is 1. The number of nitrogens with zero attached hydrogens (tertiary/aromatic N) is 2. The SMILES string of the molecule is C=CCCCN(C)C(=O)c1ccc(F)c([N+](=O)[O-])c1. The van der Waals surface area contributed by atoms with Crippen LogP contribution in [0, 0.1) is 15.9 Å². The number of amides is 1. The van der Waals surface area contributed by atoms with Crippen molar-refractivity contribution in [1.29, 1.82) is 0 Å². The molecule has 0 saturated carbocycles. The minimum absolute atomic E-state index is 0.106. The van der Waals surface area contributed by atoms with Gasteiger partial charge in [-0.15, -0.1) is 6.58 Å². The molecule has 0 radical (unpaired) electrons. The van der Waals surface area contributed by atoms with Crippen LogP contribution in [0.4, 0.5) is 10.1 Å². The predicted molar refractivity (Wildman–Crippen MR) is 69.4 cm³/mol. The first-order chi connectivity index (χ1) is 8.97. The number of nitro groups is 1. The van der Waals surface area contributed by atoms with Crippen molar-refractivity contribution in [2.45, 2.75) is 12.8 Å². The average molecular weight is 266 g/mol. The summed E-state index contributed by atoms with van der Waals surface area (Å²) in [6, 6.07) is 3.14. The Morgan fingerprint density at radius 1 is 1.58 bits per heavy atom. The van der Waals surface area contributed by atoms with Crippen LogP contribution < -0.4 is 0 Å². The Labute approximate surface area is 110 Å². The molecule has 1 aromatic rings. The van der Waals surface area contributed by atoms with E-state index in [1.54, 1.807) is 13.1 Å². The van der Waals surface area contributed by atoms with Gasteiger partial charge in [-0.2, -0.15) is 4.39 Å². The molecule has 0 heterocycles. The first kappa shape index (κ1) is 14.8. The van der Waals surface area contributed by atoms with Crippen molar-refractivity contribution in [1.82, 2.24) is 4.90 Å². The van der Waals surface area contributed by atoms with Crippen LogP contribution in [0.2, 0.25) is 0 Å². The lowest BCUT2D eigenvalue weighted by molar-refractivity contribution is -0.387. The van der Waals surface area contributed by atoms with Crippen molar-refractivity contribution in [3.05, 3.63) is 52.3 Å². The molecule has 0 aliphatic rings. The fourth-order valence-corrected chi connectivity index (χ4v) is 1.58. The van der Waals surface area contributed by atoms with Crippen LogP contribution in [0.3, 0.4) is 0 Å². The highest BCUT2D eigenvalue weighted by atomic mass is 19.1. The summed E-state index contributed by atoms with van der Waals surface area (Å²) in [6.07, 6.45) is 3.29. The Balaban J connectivity index is 2.84. The van der Waals surface area contributed by atoms with Crippen LogP contribution in [0.1, 0.15) is 23.2 Å². The van der Waals surface area contributed by atoms with Gasteiger partial charge in [-0.25, -0.2) is 0 Å². The third kappa shape index (κ3) is 3.87. The second-order valence-corrected chi connectivity index (χ2v) is 4.08. The summed E-state index contributed by atoms with van der Waals surface area (Å²) in [5.74, 6) is -1.32. The molecule has 19 heavy (non-hydrogen) atoms. The molecule has 5 nitrogen and oxygen atoms in total. The number of benzene rings is 1. The third-order valence-corrected chi connectivity index (χ3v) is 2.64. The van der Waals surface area contributed by atoms with Gasteiger partial charge in [0.25, 0.3) is 5.91 Å². The highest BCUT2D eigenvalue weighted by Crippen LogP contribution is 2.19. The minimum atomic E-state index is -0.948. The van der Waals surface area contributed by atoms with Crippen molar-refractivity contribution in [2.75, 3.05) is 13.6 Å². The summed E-state index contributed by atoms with van der Waals surface area (Å²) in [4.78, 5) is 23.2. The fourth-order valence-electron chi connectivity index (χ4n) is 1.58. The number of nitro benzene ring substituents is 1. The van der Waals surface area contributed by atoms with Crippen LogP contribution in [0.5, 0.6) is 0 Å². The first-order valence-electron chi connectivity index (χ1n) is 5.77. The lowest BCUT2D eigenvalue weighted by Crippen LogP contribution is -2.27. The molecule has 0 bridgehead atoms. The number of allylic oxidation sites excluding steroid dienone is 1. The quantitative estimate of drug-likeness (QED) is 0.344. The van der Waals surface area contributed by atoms with Gasteiger partial charge in [-0.05, 0) is 25.0 Å². The van der Waals surface area contributed by atoms with Gasteiger partial charge < -0.3 is 4.90 Å². The molecule has 1 aromatic carbocycles. The van der Waals surface area contributed by atoms with E-state index < -0.39 is 16.4 Å². The summed E-state index contributed by atoms with van der Waals surface area (Å²) in [5, 5.41) is 10.6. The monoisotopic (exact) mass is 266 g/mol. The maximum atomic E-state index is 13.2. The molecule has 6 heteroatoms.